The zero-order valence-corrected chi connectivity index (χ0v) is 17.3. The Morgan fingerprint density at radius 3 is 2.38 bits per heavy atom. The fourth-order valence-corrected chi connectivity index (χ4v) is 3.60. The number of ether oxygens (including phenoxy) is 1. The highest BCUT2D eigenvalue weighted by molar-refractivity contribution is 5.61. The predicted octanol–water partition coefficient (Wildman–Crippen LogP) is 8.17. The molecule has 0 spiro atoms. The summed E-state index contributed by atoms with van der Waals surface area (Å²) in [7, 11) is 0. The van der Waals surface area contributed by atoms with Crippen LogP contribution in [-0.4, -0.2) is 0 Å². The van der Waals surface area contributed by atoms with Crippen LogP contribution < -0.4 is 4.74 Å². The molecule has 0 bridgehead atoms. The first-order valence-electron chi connectivity index (χ1n) is 10.3. The molecule has 0 saturated heterocycles. The van der Waals surface area contributed by atoms with E-state index in [2.05, 4.69) is 37.8 Å². The van der Waals surface area contributed by atoms with E-state index in [-0.39, 0.29) is 11.6 Å². The van der Waals surface area contributed by atoms with Gasteiger partial charge in [0, 0.05) is 0 Å². The van der Waals surface area contributed by atoms with Gasteiger partial charge in [0.15, 0.2) is 11.6 Å². The van der Waals surface area contributed by atoms with Crippen molar-refractivity contribution in [3.05, 3.63) is 102 Å². The van der Waals surface area contributed by atoms with E-state index < -0.39 is 0 Å². The normalized spacial score (nSPS) is 11.8. The van der Waals surface area contributed by atoms with Crippen molar-refractivity contribution in [2.45, 2.75) is 45.4 Å². The van der Waals surface area contributed by atoms with Crippen LogP contribution in [0.2, 0.25) is 0 Å². The predicted molar refractivity (Wildman–Crippen MR) is 120 cm³/mol. The number of halogens is 1. The molecule has 0 aromatic heterocycles. The molecule has 0 saturated carbocycles. The maximum Gasteiger partial charge on any atom is 0.165 e. The molecule has 3 rings (SSSR count). The lowest BCUT2D eigenvalue weighted by atomic mass is 9.89. The quantitative estimate of drug-likeness (QED) is 0.359. The zero-order valence-electron chi connectivity index (χ0n) is 17.3. The Morgan fingerprint density at radius 1 is 1.00 bits per heavy atom. The Morgan fingerprint density at radius 2 is 1.72 bits per heavy atom. The first-order chi connectivity index (χ1) is 14.1. The smallest absolute Gasteiger partial charge is 0.165 e. The van der Waals surface area contributed by atoms with Gasteiger partial charge in [0.25, 0.3) is 0 Å². The van der Waals surface area contributed by atoms with Crippen molar-refractivity contribution in [2.24, 2.45) is 0 Å². The van der Waals surface area contributed by atoms with Crippen molar-refractivity contribution < 1.29 is 9.13 Å². The van der Waals surface area contributed by atoms with Crippen LogP contribution in [0.5, 0.6) is 11.5 Å². The third kappa shape index (κ3) is 5.80. The Labute approximate surface area is 173 Å². The summed E-state index contributed by atoms with van der Waals surface area (Å²) in [6, 6.07) is 23.3. The van der Waals surface area contributed by atoms with Crippen molar-refractivity contribution in [2.75, 3.05) is 0 Å². The van der Waals surface area contributed by atoms with E-state index in [1.165, 1.54) is 17.2 Å². The maximum atomic E-state index is 14.1. The standard InChI is InChI=1S/C27H29FO/c1-4-22(24-16-14-23(15-17-24)20(2)3)10-8-9-21-13-18-26(28)27(19-21)29-25-11-6-5-7-12-25/h5-7,11-19,22H,2,4,8-10H2,1,3H3. The minimum atomic E-state index is -0.332. The van der Waals surface area contributed by atoms with Gasteiger partial charge in [-0.05, 0) is 79.5 Å². The molecule has 0 N–H and O–H groups in total. The zero-order chi connectivity index (χ0) is 20.6. The van der Waals surface area contributed by atoms with Crippen molar-refractivity contribution in [3.63, 3.8) is 0 Å². The van der Waals surface area contributed by atoms with Crippen LogP contribution in [0.4, 0.5) is 4.39 Å². The van der Waals surface area contributed by atoms with Crippen LogP contribution in [0.25, 0.3) is 5.57 Å². The van der Waals surface area contributed by atoms with E-state index in [1.54, 1.807) is 0 Å². The number of allylic oxidation sites excluding steroid dienone is 1. The molecule has 0 heterocycles. The average molecular weight is 389 g/mol. The van der Waals surface area contributed by atoms with Gasteiger partial charge in [-0.3, -0.25) is 0 Å². The van der Waals surface area contributed by atoms with E-state index in [4.69, 9.17) is 4.74 Å². The van der Waals surface area contributed by atoms with Gasteiger partial charge >= 0.3 is 0 Å². The van der Waals surface area contributed by atoms with Crippen LogP contribution in [0.1, 0.15) is 55.7 Å². The maximum absolute atomic E-state index is 14.1. The Bertz CT molecular complexity index is 929. The topological polar surface area (TPSA) is 9.23 Å². The average Bonchev–Trinajstić information content (AvgIpc) is 2.74. The van der Waals surface area contributed by atoms with Gasteiger partial charge in [0.05, 0.1) is 0 Å². The first kappa shape index (κ1) is 20.9. The minimum Gasteiger partial charge on any atom is -0.454 e. The molecule has 1 unspecified atom stereocenters. The molecule has 150 valence electrons. The number of rotatable bonds is 9. The molecule has 0 fully saturated rings. The van der Waals surface area contributed by atoms with Gasteiger partial charge in [-0.15, -0.1) is 0 Å². The largest absolute Gasteiger partial charge is 0.454 e. The second-order valence-electron chi connectivity index (χ2n) is 7.58. The van der Waals surface area contributed by atoms with Gasteiger partial charge in [0.2, 0.25) is 0 Å². The van der Waals surface area contributed by atoms with Gasteiger partial charge in [-0.1, -0.05) is 67.6 Å². The fraction of sp³-hybridized carbons (Fsp3) is 0.259. The Kier molecular flexibility index (Phi) is 7.24. The van der Waals surface area contributed by atoms with Crippen molar-refractivity contribution >= 4 is 5.57 Å². The lowest BCUT2D eigenvalue weighted by Crippen LogP contribution is -1.99. The van der Waals surface area contributed by atoms with Gasteiger partial charge in [-0.2, -0.15) is 0 Å². The van der Waals surface area contributed by atoms with Crippen molar-refractivity contribution in [1.82, 2.24) is 0 Å². The van der Waals surface area contributed by atoms with Crippen molar-refractivity contribution in [3.8, 4) is 11.5 Å². The molecule has 3 aromatic rings. The third-order valence-electron chi connectivity index (χ3n) is 5.35. The first-order valence-corrected chi connectivity index (χ1v) is 10.3. The molecule has 0 amide bonds. The molecule has 1 nitrogen and oxygen atoms in total. The number of para-hydroxylation sites is 1. The van der Waals surface area contributed by atoms with Crippen LogP contribution in [0.3, 0.4) is 0 Å². The molecular formula is C27H29FO. The SMILES string of the molecule is C=C(C)c1ccc(C(CC)CCCc2ccc(F)c(Oc3ccccc3)c2)cc1. The van der Waals surface area contributed by atoms with Gasteiger partial charge in [0.1, 0.15) is 5.75 Å². The molecule has 0 aliphatic rings. The third-order valence-corrected chi connectivity index (χ3v) is 5.35. The van der Waals surface area contributed by atoms with E-state index in [0.717, 1.165) is 36.8 Å². The summed E-state index contributed by atoms with van der Waals surface area (Å²) in [6.45, 7) is 8.28. The summed E-state index contributed by atoms with van der Waals surface area (Å²) >= 11 is 0. The molecule has 0 radical (unpaired) electrons. The van der Waals surface area contributed by atoms with Crippen LogP contribution in [0, 0.1) is 5.82 Å². The highest BCUT2D eigenvalue weighted by atomic mass is 19.1. The summed E-state index contributed by atoms with van der Waals surface area (Å²) in [4.78, 5) is 0. The number of aryl methyl sites for hydroxylation is 1. The highest BCUT2D eigenvalue weighted by Gasteiger charge is 2.11. The summed E-state index contributed by atoms with van der Waals surface area (Å²) in [5.41, 5.74) is 4.77. The molecular weight excluding hydrogens is 359 g/mol. The van der Waals surface area contributed by atoms with Crippen LogP contribution in [0.15, 0.2) is 79.4 Å². The molecule has 0 aliphatic heterocycles. The summed E-state index contributed by atoms with van der Waals surface area (Å²) < 4.78 is 19.9. The summed E-state index contributed by atoms with van der Waals surface area (Å²) in [6.07, 6.45) is 4.18. The number of hydrogen-bond donors (Lipinski definition) is 0. The second-order valence-corrected chi connectivity index (χ2v) is 7.58. The molecule has 1 atom stereocenters. The van der Waals surface area contributed by atoms with Crippen molar-refractivity contribution in [1.29, 1.82) is 0 Å². The molecule has 3 aromatic carbocycles. The minimum absolute atomic E-state index is 0.288. The van der Waals surface area contributed by atoms with Gasteiger partial charge in [-0.25, -0.2) is 4.39 Å². The van der Waals surface area contributed by atoms with Gasteiger partial charge < -0.3 is 4.74 Å². The molecule has 2 heteroatoms. The summed E-state index contributed by atoms with van der Waals surface area (Å²) in [5, 5.41) is 0. The monoisotopic (exact) mass is 388 g/mol. The number of benzene rings is 3. The molecule has 29 heavy (non-hydrogen) atoms. The highest BCUT2D eigenvalue weighted by Crippen LogP contribution is 2.29. The second kappa shape index (κ2) is 10.1. The van der Waals surface area contributed by atoms with Crippen LogP contribution in [-0.2, 0) is 6.42 Å². The molecule has 0 aliphatic carbocycles. The summed E-state index contributed by atoms with van der Waals surface area (Å²) in [5.74, 6) is 1.14. The van der Waals surface area contributed by atoms with Crippen LogP contribution >= 0.6 is 0 Å². The Hall–Kier alpha value is -2.87. The van der Waals surface area contributed by atoms with E-state index in [0.29, 0.717) is 11.7 Å². The Balaban J connectivity index is 1.60. The van der Waals surface area contributed by atoms with E-state index >= 15 is 0 Å². The lowest BCUT2D eigenvalue weighted by Gasteiger charge is -2.16. The fourth-order valence-electron chi connectivity index (χ4n) is 3.60. The number of hydrogen-bond acceptors (Lipinski definition) is 1. The van der Waals surface area contributed by atoms with E-state index in [1.807, 2.05) is 49.4 Å². The lowest BCUT2D eigenvalue weighted by molar-refractivity contribution is 0.441. The van der Waals surface area contributed by atoms with E-state index in [9.17, 15) is 4.39 Å².